The van der Waals surface area contributed by atoms with Crippen molar-refractivity contribution in [1.82, 2.24) is 4.90 Å². The van der Waals surface area contributed by atoms with Gasteiger partial charge in [-0.1, -0.05) is 29.3 Å². The van der Waals surface area contributed by atoms with Gasteiger partial charge in [-0.15, -0.1) is 16.8 Å². The largest absolute Gasteiger partial charge is 0.445 e. The summed E-state index contributed by atoms with van der Waals surface area (Å²) in [6, 6.07) is 5.11. The number of urea groups is 1. The molecule has 0 aliphatic carbocycles. The molecular weight excluding hydrogens is 381 g/mol. The van der Waals surface area contributed by atoms with Crippen LogP contribution in [-0.4, -0.2) is 47.6 Å². The van der Waals surface area contributed by atoms with Gasteiger partial charge in [-0.25, -0.2) is 4.79 Å². The van der Waals surface area contributed by atoms with Crippen LogP contribution in [0.1, 0.15) is 12.5 Å². The molecule has 25 heavy (non-hydrogen) atoms. The minimum Gasteiger partial charge on any atom is -0.255 e. The third kappa shape index (κ3) is 3.26. The zero-order valence-corrected chi connectivity index (χ0v) is 16.2. The lowest BCUT2D eigenvalue weighted by Crippen LogP contribution is -2.52. The van der Waals surface area contributed by atoms with E-state index in [1.54, 1.807) is 31.1 Å². The number of allylic oxidation sites excluding steroid dienone is 1. The maximum absolute atomic E-state index is 12.7. The van der Waals surface area contributed by atoms with Crippen molar-refractivity contribution in [2.45, 2.75) is 12.7 Å². The number of hydrogen-bond acceptors (Lipinski definition) is 4. The summed E-state index contributed by atoms with van der Waals surface area (Å²) >= 11 is 13.6. The molecule has 0 saturated heterocycles. The molecular formula is C17H16Cl2N3O2S+. The normalized spacial score (nSPS) is 20.5. The molecule has 1 aromatic carbocycles. The van der Waals surface area contributed by atoms with Crippen molar-refractivity contribution in [2.24, 2.45) is 10.9 Å². The Bertz CT molecular complexity index is 877. The molecule has 8 heteroatoms. The molecule has 0 bridgehead atoms. The molecule has 2 aliphatic rings. The highest BCUT2D eigenvalue weighted by Crippen LogP contribution is 2.36. The van der Waals surface area contributed by atoms with Gasteiger partial charge in [-0.3, -0.25) is 4.79 Å². The number of carbonyl (C=O) groups is 2. The molecule has 3 rings (SSSR count). The second-order valence-electron chi connectivity index (χ2n) is 5.87. The number of fused-ring (bicyclic) bond motifs is 1. The van der Waals surface area contributed by atoms with Crippen LogP contribution in [0.5, 0.6) is 0 Å². The first-order valence-electron chi connectivity index (χ1n) is 7.55. The molecule has 130 valence electrons. The molecule has 1 atom stereocenters. The fourth-order valence-corrected chi connectivity index (χ4v) is 4.22. The fraction of sp³-hybridized carbons (Fsp3) is 0.294. The maximum Gasteiger partial charge on any atom is 0.445 e. The van der Waals surface area contributed by atoms with Crippen molar-refractivity contribution >= 4 is 59.0 Å². The molecule has 0 aromatic heterocycles. The first-order chi connectivity index (χ1) is 11.8. The van der Waals surface area contributed by atoms with Crippen LogP contribution in [0.2, 0.25) is 10.0 Å². The van der Waals surface area contributed by atoms with Crippen LogP contribution in [0.3, 0.4) is 0 Å². The van der Waals surface area contributed by atoms with E-state index in [0.29, 0.717) is 21.6 Å². The Labute approximate surface area is 160 Å². The number of aliphatic imine (C=N–C) groups is 1. The summed E-state index contributed by atoms with van der Waals surface area (Å²) in [5, 5.41) is 1.01. The van der Waals surface area contributed by atoms with Gasteiger partial charge in [0.15, 0.2) is 5.92 Å². The summed E-state index contributed by atoms with van der Waals surface area (Å²) in [5.41, 5.74) is 1.92. The smallest absolute Gasteiger partial charge is 0.255 e. The van der Waals surface area contributed by atoms with Crippen molar-refractivity contribution in [1.29, 1.82) is 0 Å². The molecule has 1 aromatic rings. The van der Waals surface area contributed by atoms with Gasteiger partial charge in [0.2, 0.25) is 0 Å². The molecule has 0 spiro atoms. The number of amidine groups is 1. The maximum atomic E-state index is 12.7. The summed E-state index contributed by atoms with van der Waals surface area (Å²) in [4.78, 5) is 31.1. The number of carbonyl (C=O) groups excluding carboxylic acids is 2. The highest BCUT2D eigenvalue weighted by atomic mass is 35.5. The predicted molar refractivity (Wildman–Crippen MR) is 102 cm³/mol. The van der Waals surface area contributed by atoms with Crippen LogP contribution in [0.25, 0.3) is 0 Å². The predicted octanol–water partition coefficient (Wildman–Crippen LogP) is 3.83. The van der Waals surface area contributed by atoms with Crippen molar-refractivity contribution in [2.75, 3.05) is 14.1 Å². The first kappa shape index (κ1) is 18.2. The molecule has 5 nitrogen and oxygen atoms in total. The second-order valence-corrected chi connectivity index (χ2v) is 7.70. The number of rotatable bonds is 3. The Morgan fingerprint density at radius 3 is 2.68 bits per heavy atom. The molecule has 3 amide bonds. The van der Waals surface area contributed by atoms with Gasteiger partial charge in [-0.05, 0) is 30.2 Å². The standard InChI is InChI=1S/C17H16Cl2N3O2S/c1-9-7-20-15-13(16(23)22(3)17(24)21(15)2)14(9)25-8-10-4-5-11(18)12(19)6-10/h4-7,13H,8H2,1-3H3/q+1. The third-order valence-electron chi connectivity index (χ3n) is 4.17. The summed E-state index contributed by atoms with van der Waals surface area (Å²) in [6.45, 7) is 1.92. The van der Waals surface area contributed by atoms with Gasteiger partial charge < -0.3 is 0 Å². The average Bonchev–Trinajstić information content (AvgIpc) is 2.59. The molecule has 0 fully saturated rings. The quantitative estimate of drug-likeness (QED) is 0.729. The minimum absolute atomic E-state index is 0.258. The Morgan fingerprint density at radius 1 is 1.28 bits per heavy atom. The lowest BCUT2D eigenvalue weighted by Gasteiger charge is -2.27. The highest BCUT2D eigenvalue weighted by molar-refractivity contribution is 8.02. The van der Waals surface area contributed by atoms with E-state index in [2.05, 4.69) is 4.99 Å². The van der Waals surface area contributed by atoms with Crippen molar-refractivity contribution in [3.63, 3.8) is 0 Å². The second kappa shape index (κ2) is 6.94. The lowest BCUT2D eigenvalue weighted by atomic mass is 9.99. The third-order valence-corrected chi connectivity index (χ3v) is 6.26. The molecule has 0 saturated carbocycles. The summed E-state index contributed by atoms with van der Waals surface area (Å²) < 4.78 is 1.43. The number of amides is 3. The summed E-state index contributed by atoms with van der Waals surface area (Å²) in [7, 11) is 3.12. The number of hydrogen-bond donors (Lipinski definition) is 0. The molecule has 2 aliphatic heterocycles. The van der Waals surface area contributed by atoms with E-state index in [4.69, 9.17) is 23.2 Å². The van der Waals surface area contributed by atoms with Gasteiger partial charge in [0.25, 0.3) is 5.84 Å². The Morgan fingerprint density at radius 2 is 2.00 bits per heavy atom. The zero-order chi connectivity index (χ0) is 18.3. The number of dihydropyridines is 1. The monoisotopic (exact) mass is 396 g/mol. The Hall–Kier alpha value is -1.63. The van der Waals surface area contributed by atoms with Crippen molar-refractivity contribution in [3.8, 4) is 0 Å². The van der Waals surface area contributed by atoms with E-state index in [1.165, 1.54) is 11.6 Å². The van der Waals surface area contributed by atoms with E-state index in [0.717, 1.165) is 20.9 Å². The molecule has 0 N–H and O–H groups in total. The van der Waals surface area contributed by atoms with Crippen LogP contribution in [0.15, 0.2) is 33.7 Å². The van der Waals surface area contributed by atoms with Crippen LogP contribution < -0.4 is 0 Å². The number of halogens is 2. The van der Waals surface area contributed by atoms with Crippen LogP contribution in [0.4, 0.5) is 4.79 Å². The van der Waals surface area contributed by atoms with Crippen LogP contribution >= 0.6 is 35.0 Å². The lowest BCUT2D eigenvalue weighted by molar-refractivity contribution is -0.407. The number of thioether (sulfide) groups is 1. The fourth-order valence-electron chi connectivity index (χ4n) is 2.75. The summed E-state index contributed by atoms with van der Waals surface area (Å²) in [5.74, 6) is 0.294. The number of nitrogens with zero attached hydrogens (tertiary/aromatic N) is 3. The first-order valence-corrected chi connectivity index (χ1v) is 9.29. The van der Waals surface area contributed by atoms with E-state index in [9.17, 15) is 9.59 Å². The number of imide groups is 1. The summed E-state index contributed by atoms with van der Waals surface area (Å²) in [6.07, 6.45) is 1.70. The Kier molecular flexibility index (Phi) is 5.04. The number of benzene rings is 1. The minimum atomic E-state index is -0.550. The highest BCUT2D eigenvalue weighted by Gasteiger charge is 2.47. The van der Waals surface area contributed by atoms with Gasteiger partial charge in [0.1, 0.15) is 6.21 Å². The van der Waals surface area contributed by atoms with Gasteiger partial charge in [0, 0.05) is 10.7 Å². The Balaban J connectivity index is 1.92. The van der Waals surface area contributed by atoms with Crippen molar-refractivity contribution < 1.29 is 14.2 Å². The van der Waals surface area contributed by atoms with E-state index in [1.807, 2.05) is 19.1 Å². The van der Waals surface area contributed by atoms with Gasteiger partial charge in [0.05, 0.1) is 24.1 Å². The van der Waals surface area contributed by atoms with Crippen molar-refractivity contribution in [3.05, 3.63) is 44.3 Å². The van der Waals surface area contributed by atoms with Gasteiger partial charge in [-0.2, -0.15) is 9.48 Å². The van der Waals surface area contributed by atoms with E-state index in [-0.39, 0.29) is 11.9 Å². The molecule has 2 heterocycles. The average molecular weight is 397 g/mol. The molecule has 0 radical (unpaired) electrons. The SMILES string of the molecule is CC1=C(SCc2ccc(Cl)c(Cl)c2)C2C(=O)N(C)C(=O)[N+](C)=C2N=C1. The topological polar surface area (TPSA) is 52.8 Å². The zero-order valence-electron chi connectivity index (χ0n) is 13.9. The molecule has 1 unspecified atom stereocenters. The van der Waals surface area contributed by atoms with Crippen LogP contribution in [-0.2, 0) is 10.5 Å². The van der Waals surface area contributed by atoms with Gasteiger partial charge >= 0.3 is 11.9 Å². The van der Waals surface area contributed by atoms with Crippen LogP contribution in [0, 0.1) is 5.92 Å². The van der Waals surface area contributed by atoms with E-state index >= 15 is 0 Å². The van der Waals surface area contributed by atoms with E-state index < -0.39 is 5.92 Å².